The molecule has 0 saturated heterocycles. The van der Waals surface area contributed by atoms with Gasteiger partial charge in [-0.15, -0.1) is 0 Å². The van der Waals surface area contributed by atoms with Crippen LogP contribution < -0.4 is 18.9 Å². The number of methoxy groups -OCH3 is 1. The average Bonchev–Trinajstić information content (AvgIpc) is 2.94. The Morgan fingerprint density at radius 2 is 0.952 bits per heavy atom. The third-order valence-electron chi connectivity index (χ3n) is 7.82. The summed E-state index contributed by atoms with van der Waals surface area (Å²) in [6.07, 6.45) is -0.802. The van der Waals surface area contributed by atoms with Gasteiger partial charge in [0.25, 0.3) is 0 Å². The van der Waals surface area contributed by atoms with Crippen LogP contribution in [0.2, 0.25) is 0 Å². The summed E-state index contributed by atoms with van der Waals surface area (Å²) < 4.78 is 21.6. The van der Waals surface area contributed by atoms with E-state index in [1.165, 1.54) is 12.5 Å². The molecule has 0 aromatic heterocycles. The van der Waals surface area contributed by atoms with Crippen molar-refractivity contribution in [1.82, 2.24) is 0 Å². The monoisotopic (exact) mass is 566 g/mol. The Morgan fingerprint density at radius 3 is 1.38 bits per heavy atom. The minimum Gasteiger partial charge on any atom is -0.496 e. The molecule has 0 aliphatic rings. The van der Waals surface area contributed by atoms with E-state index in [0.717, 1.165) is 33.6 Å². The Morgan fingerprint density at radius 1 is 0.548 bits per heavy atom. The van der Waals surface area contributed by atoms with Crippen LogP contribution in [0.15, 0.2) is 84.9 Å². The van der Waals surface area contributed by atoms with E-state index in [0.29, 0.717) is 17.2 Å². The number of carbonyl (C=O) groups excluding carboxylic acids is 2. The highest BCUT2D eigenvalue weighted by Gasteiger charge is 2.26. The lowest BCUT2D eigenvalue weighted by atomic mass is 9.77. The fourth-order valence-corrected chi connectivity index (χ4v) is 5.01. The zero-order valence-electron chi connectivity index (χ0n) is 25.5. The van der Waals surface area contributed by atoms with Gasteiger partial charge < -0.3 is 18.9 Å². The van der Waals surface area contributed by atoms with Crippen LogP contribution in [0.4, 0.5) is 4.79 Å². The molecule has 0 bridgehead atoms. The number of rotatable bonds is 8. The molecule has 0 spiro atoms. The largest absolute Gasteiger partial charge is 0.519 e. The SMILES string of the molecule is COc1ccc(C(C)(C)c2ccc(OC(=O)Oc3ccc(C(C)(C)c4ccc(OC(C)=O)cc4)cc3)c(C)c2)cc1C. The van der Waals surface area contributed by atoms with Crippen molar-refractivity contribution < 1.29 is 28.5 Å². The molecule has 6 heteroatoms. The number of hydrogen-bond donors (Lipinski definition) is 0. The van der Waals surface area contributed by atoms with E-state index in [2.05, 4.69) is 39.8 Å². The van der Waals surface area contributed by atoms with Crippen molar-refractivity contribution in [2.24, 2.45) is 0 Å². The predicted octanol–water partition coefficient (Wildman–Crippen LogP) is 8.47. The minimum absolute atomic E-state index is 0.263. The summed E-state index contributed by atoms with van der Waals surface area (Å²) in [5.74, 6) is 1.84. The fourth-order valence-electron chi connectivity index (χ4n) is 5.01. The lowest BCUT2D eigenvalue weighted by Crippen LogP contribution is -2.20. The van der Waals surface area contributed by atoms with Gasteiger partial charge in [0.05, 0.1) is 7.11 Å². The van der Waals surface area contributed by atoms with Crippen LogP contribution in [0.1, 0.15) is 68.0 Å². The molecule has 218 valence electrons. The Balaban J connectivity index is 1.42. The summed E-state index contributed by atoms with van der Waals surface area (Å²) >= 11 is 0. The van der Waals surface area contributed by atoms with Crippen LogP contribution in [-0.2, 0) is 15.6 Å². The summed E-state index contributed by atoms with van der Waals surface area (Å²) in [6.45, 7) is 13.9. The summed E-state index contributed by atoms with van der Waals surface area (Å²) in [5.41, 5.74) is 5.67. The van der Waals surface area contributed by atoms with E-state index in [9.17, 15) is 9.59 Å². The average molecular weight is 567 g/mol. The van der Waals surface area contributed by atoms with E-state index in [-0.39, 0.29) is 16.8 Å². The second-order valence-corrected chi connectivity index (χ2v) is 11.5. The topological polar surface area (TPSA) is 71.1 Å². The number of ether oxygens (including phenoxy) is 4. The number of carbonyl (C=O) groups is 2. The first-order valence-electron chi connectivity index (χ1n) is 13.9. The Labute approximate surface area is 248 Å². The van der Waals surface area contributed by atoms with Gasteiger partial charge in [-0.1, -0.05) is 76.2 Å². The van der Waals surface area contributed by atoms with Crippen LogP contribution in [0.5, 0.6) is 23.0 Å². The van der Waals surface area contributed by atoms with Crippen LogP contribution in [0.25, 0.3) is 0 Å². The molecule has 0 radical (unpaired) electrons. The second-order valence-electron chi connectivity index (χ2n) is 11.5. The molecule has 6 nitrogen and oxygen atoms in total. The van der Waals surface area contributed by atoms with Crippen molar-refractivity contribution in [3.63, 3.8) is 0 Å². The minimum atomic E-state index is -0.802. The summed E-state index contributed by atoms with van der Waals surface area (Å²) in [7, 11) is 1.67. The maximum Gasteiger partial charge on any atom is 0.519 e. The molecule has 0 saturated carbocycles. The molecule has 0 N–H and O–H groups in total. The molecular formula is C36H38O6. The smallest absolute Gasteiger partial charge is 0.496 e. The highest BCUT2D eigenvalue weighted by molar-refractivity contribution is 5.69. The molecule has 4 aromatic carbocycles. The van der Waals surface area contributed by atoms with E-state index >= 15 is 0 Å². The van der Waals surface area contributed by atoms with Gasteiger partial charge in [-0.3, -0.25) is 4.79 Å². The molecule has 42 heavy (non-hydrogen) atoms. The Hall–Kier alpha value is -4.58. The summed E-state index contributed by atoms with van der Waals surface area (Å²) in [6, 6.07) is 26.8. The van der Waals surface area contributed by atoms with Gasteiger partial charge in [-0.05, 0) is 83.6 Å². The molecule has 0 unspecified atom stereocenters. The van der Waals surface area contributed by atoms with E-state index in [1.54, 1.807) is 31.4 Å². The molecule has 0 atom stereocenters. The zero-order chi connectivity index (χ0) is 30.7. The lowest BCUT2D eigenvalue weighted by molar-refractivity contribution is -0.131. The van der Waals surface area contributed by atoms with Crippen molar-refractivity contribution in [2.45, 2.75) is 59.3 Å². The molecule has 0 aliphatic carbocycles. The fraction of sp³-hybridized carbons (Fsp3) is 0.278. The predicted molar refractivity (Wildman–Crippen MR) is 164 cm³/mol. The van der Waals surface area contributed by atoms with Crippen molar-refractivity contribution in [2.75, 3.05) is 7.11 Å². The van der Waals surface area contributed by atoms with Crippen molar-refractivity contribution in [1.29, 1.82) is 0 Å². The maximum absolute atomic E-state index is 12.7. The van der Waals surface area contributed by atoms with Crippen molar-refractivity contribution in [3.05, 3.63) is 118 Å². The van der Waals surface area contributed by atoms with Gasteiger partial charge in [-0.25, -0.2) is 4.79 Å². The maximum atomic E-state index is 12.7. The number of esters is 1. The first-order valence-corrected chi connectivity index (χ1v) is 13.9. The Bertz CT molecular complexity index is 1580. The van der Waals surface area contributed by atoms with Crippen molar-refractivity contribution in [3.8, 4) is 23.0 Å². The molecule has 4 rings (SSSR count). The van der Waals surface area contributed by atoms with Gasteiger partial charge in [0.1, 0.15) is 23.0 Å². The van der Waals surface area contributed by atoms with Crippen LogP contribution in [-0.4, -0.2) is 19.2 Å². The molecule has 0 fully saturated rings. The van der Waals surface area contributed by atoms with E-state index < -0.39 is 6.16 Å². The summed E-state index contributed by atoms with van der Waals surface area (Å²) in [5, 5.41) is 0. The van der Waals surface area contributed by atoms with Gasteiger partial charge >= 0.3 is 12.1 Å². The molecule has 4 aromatic rings. The first-order chi connectivity index (χ1) is 19.8. The molecule has 0 amide bonds. The van der Waals surface area contributed by atoms with Gasteiger partial charge in [0, 0.05) is 17.8 Å². The first kappa shape index (κ1) is 30.4. The number of benzene rings is 4. The third-order valence-corrected chi connectivity index (χ3v) is 7.82. The van der Waals surface area contributed by atoms with Crippen LogP contribution in [0, 0.1) is 13.8 Å². The van der Waals surface area contributed by atoms with E-state index in [4.69, 9.17) is 18.9 Å². The lowest BCUT2D eigenvalue weighted by Gasteiger charge is -2.27. The quantitative estimate of drug-likeness (QED) is 0.121. The Kier molecular flexibility index (Phi) is 8.76. The van der Waals surface area contributed by atoms with Crippen molar-refractivity contribution >= 4 is 12.1 Å². The standard InChI is InChI=1S/C36H38O6/c1-23-21-28(13-19-32(23)39-8)36(6,7)29-14-20-33(24(2)22-29)42-34(38)41-31-17-11-27(12-18-31)35(4,5)26-9-15-30(16-10-26)40-25(3)37/h9-22H,1-8H3. The number of hydrogen-bond acceptors (Lipinski definition) is 6. The molecular weight excluding hydrogens is 528 g/mol. The van der Waals surface area contributed by atoms with Gasteiger partial charge in [-0.2, -0.15) is 0 Å². The highest BCUT2D eigenvalue weighted by atomic mass is 16.7. The zero-order valence-corrected chi connectivity index (χ0v) is 25.5. The summed E-state index contributed by atoms with van der Waals surface area (Å²) in [4.78, 5) is 23.9. The van der Waals surface area contributed by atoms with Crippen LogP contribution >= 0.6 is 0 Å². The normalized spacial score (nSPS) is 11.5. The van der Waals surface area contributed by atoms with E-state index in [1.807, 2.05) is 62.4 Å². The number of aryl methyl sites for hydroxylation is 2. The molecule has 0 heterocycles. The third kappa shape index (κ3) is 6.65. The molecule has 0 aliphatic heterocycles. The van der Waals surface area contributed by atoms with Gasteiger partial charge in [0.2, 0.25) is 0 Å². The highest BCUT2D eigenvalue weighted by Crippen LogP contribution is 2.36. The van der Waals surface area contributed by atoms with Crippen LogP contribution in [0.3, 0.4) is 0 Å². The second kappa shape index (κ2) is 12.1. The van der Waals surface area contributed by atoms with Gasteiger partial charge in [0.15, 0.2) is 0 Å².